The Kier molecular flexibility index (Phi) is 4.00. The average molecular weight is 257 g/mol. The SMILES string of the molecule is Cc1cc(C)c(NC(=O)CCc2cnc[nH]2)c(C)c1. The zero-order valence-electron chi connectivity index (χ0n) is 11.6. The third-order valence-corrected chi connectivity index (χ3v) is 3.12. The summed E-state index contributed by atoms with van der Waals surface area (Å²) < 4.78 is 0. The van der Waals surface area contributed by atoms with E-state index < -0.39 is 0 Å². The number of nitrogens with zero attached hydrogens (tertiary/aromatic N) is 1. The van der Waals surface area contributed by atoms with Crippen molar-refractivity contribution in [2.75, 3.05) is 5.32 Å². The van der Waals surface area contributed by atoms with Crippen LogP contribution < -0.4 is 5.32 Å². The van der Waals surface area contributed by atoms with E-state index in [2.05, 4.69) is 34.3 Å². The Morgan fingerprint density at radius 2 is 1.95 bits per heavy atom. The number of aromatic amines is 1. The summed E-state index contributed by atoms with van der Waals surface area (Å²) in [6.07, 6.45) is 4.50. The fraction of sp³-hybridized carbons (Fsp3) is 0.333. The van der Waals surface area contributed by atoms with Crippen molar-refractivity contribution in [2.45, 2.75) is 33.6 Å². The van der Waals surface area contributed by atoms with Gasteiger partial charge < -0.3 is 10.3 Å². The summed E-state index contributed by atoms with van der Waals surface area (Å²) in [7, 11) is 0. The molecule has 0 radical (unpaired) electrons. The Hall–Kier alpha value is -2.10. The minimum absolute atomic E-state index is 0.0321. The molecule has 1 aromatic carbocycles. The van der Waals surface area contributed by atoms with Crippen LogP contribution in [0.4, 0.5) is 5.69 Å². The molecule has 1 aromatic heterocycles. The molecule has 0 fully saturated rings. The van der Waals surface area contributed by atoms with Gasteiger partial charge in [-0.15, -0.1) is 0 Å². The lowest BCUT2D eigenvalue weighted by Gasteiger charge is -2.12. The van der Waals surface area contributed by atoms with Gasteiger partial charge in [-0.1, -0.05) is 17.7 Å². The van der Waals surface area contributed by atoms with E-state index in [0.29, 0.717) is 12.8 Å². The first-order valence-electron chi connectivity index (χ1n) is 6.41. The number of rotatable bonds is 4. The molecule has 0 aliphatic heterocycles. The van der Waals surface area contributed by atoms with Gasteiger partial charge >= 0.3 is 0 Å². The molecular formula is C15H19N3O. The van der Waals surface area contributed by atoms with Gasteiger partial charge in [0.15, 0.2) is 0 Å². The lowest BCUT2D eigenvalue weighted by molar-refractivity contribution is -0.116. The summed E-state index contributed by atoms with van der Waals surface area (Å²) in [4.78, 5) is 18.9. The summed E-state index contributed by atoms with van der Waals surface area (Å²) in [5.41, 5.74) is 5.33. The molecule has 1 heterocycles. The van der Waals surface area contributed by atoms with Gasteiger partial charge in [-0.3, -0.25) is 4.79 Å². The number of carbonyl (C=O) groups is 1. The van der Waals surface area contributed by atoms with Gasteiger partial charge in [0.05, 0.1) is 6.33 Å². The zero-order valence-corrected chi connectivity index (χ0v) is 11.6. The standard InChI is InChI=1S/C15H19N3O/c1-10-6-11(2)15(12(3)7-10)18-14(19)5-4-13-8-16-9-17-13/h6-9H,4-5H2,1-3H3,(H,16,17)(H,18,19). The minimum atomic E-state index is 0.0321. The molecular weight excluding hydrogens is 238 g/mol. The maximum absolute atomic E-state index is 12.0. The van der Waals surface area contributed by atoms with Crippen LogP contribution >= 0.6 is 0 Å². The van der Waals surface area contributed by atoms with Gasteiger partial charge in [0, 0.05) is 24.0 Å². The molecule has 2 rings (SSSR count). The molecule has 100 valence electrons. The lowest BCUT2D eigenvalue weighted by atomic mass is 10.0. The number of hydrogen-bond donors (Lipinski definition) is 2. The Bertz CT molecular complexity index is 550. The van der Waals surface area contributed by atoms with Gasteiger partial charge in [0.1, 0.15) is 0 Å². The first-order valence-corrected chi connectivity index (χ1v) is 6.41. The number of carbonyl (C=O) groups excluding carboxylic acids is 1. The minimum Gasteiger partial charge on any atom is -0.348 e. The highest BCUT2D eigenvalue weighted by atomic mass is 16.1. The summed E-state index contributed by atoms with van der Waals surface area (Å²) in [6, 6.07) is 4.16. The summed E-state index contributed by atoms with van der Waals surface area (Å²) in [6.45, 7) is 6.10. The van der Waals surface area contributed by atoms with Crippen LogP contribution in [-0.4, -0.2) is 15.9 Å². The first kappa shape index (κ1) is 13.3. The van der Waals surface area contributed by atoms with Gasteiger partial charge in [-0.05, 0) is 38.3 Å². The zero-order chi connectivity index (χ0) is 13.8. The van der Waals surface area contributed by atoms with E-state index in [0.717, 1.165) is 22.5 Å². The van der Waals surface area contributed by atoms with E-state index in [-0.39, 0.29) is 5.91 Å². The van der Waals surface area contributed by atoms with Crippen molar-refractivity contribution in [1.29, 1.82) is 0 Å². The molecule has 0 saturated carbocycles. The third-order valence-electron chi connectivity index (χ3n) is 3.12. The fourth-order valence-corrected chi connectivity index (χ4v) is 2.25. The summed E-state index contributed by atoms with van der Waals surface area (Å²) in [5.74, 6) is 0.0321. The van der Waals surface area contributed by atoms with Crippen LogP contribution in [0.2, 0.25) is 0 Å². The van der Waals surface area contributed by atoms with Gasteiger partial charge in [-0.2, -0.15) is 0 Å². The Morgan fingerprint density at radius 3 is 2.53 bits per heavy atom. The number of anilines is 1. The molecule has 4 heteroatoms. The molecule has 2 N–H and O–H groups in total. The fourth-order valence-electron chi connectivity index (χ4n) is 2.25. The van der Waals surface area contributed by atoms with E-state index in [9.17, 15) is 4.79 Å². The normalized spacial score (nSPS) is 10.5. The molecule has 0 unspecified atom stereocenters. The maximum atomic E-state index is 12.0. The van der Waals surface area contributed by atoms with Crippen molar-refractivity contribution in [3.63, 3.8) is 0 Å². The number of amides is 1. The molecule has 0 aliphatic carbocycles. The maximum Gasteiger partial charge on any atom is 0.224 e. The molecule has 19 heavy (non-hydrogen) atoms. The molecule has 0 aliphatic rings. The predicted octanol–water partition coefficient (Wildman–Crippen LogP) is 2.91. The van der Waals surface area contributed by atoms with Crippen molar-refractivity contribution >= 4 is 11.6 Å². The van der Waals surface area contributed by atoms with E-state index in [1.807, 2.05) is 13.8 Å². The Morgan fingerprint density at radius 1 is 1.26 bits per heavy atom. The monoisotopic (exact) mass is 257 g/mol. The van der Waals surface area contributed by atoms with E-state index in [1.165, 1.54) is 5.56 Å². The van der Waals surface area contributed by atoms with Crippen molar-refractivity contribution in [3.05, 3.63) is 47.0 Å². The summed E-state index contributed by atoms with van der Waals surface area (Å²) in [5, 5.41) is 2.99. The molecule has 0 spiro atoms. The lowest BCUT2D eigenvalue weighted by Crippen LogP contribution is -2.14. The first-order chi connectivity index (χ1) is 9.06. The van der Waals surface area contributed by atoms with E-state index in [4.69, 9.17) is 0 Å². The van der Waals surface area contributed by atoms with Crippen LogP contribution in [0.5, 0.6) is 0 Å². The van der Waals surface area contributed by atoms with Crippen LogP contribution in [0, 0.1) is 20.8 Å². The molecule has 1 amide bonds. The molecule has 4 nitrogen and oxygen atoms in total. The largest absolute Gasteiger partial charge is 0.348 e. The van der Waals surface area contributed by atoms with E-state index >= 15 is 0 Å². The van der Waals surface area contributed by atoms with Crippen LogP contribution in [0.25, 0.3) is 0 Å². The number of imidazole rings is 1. The van der Waals surface area contributed by atoms with Crippen molar-refractivity contribution in [1.82, 2.24) is 9.97 Å². The second-order valence-electron chi connectivity index (χ2n) is 4.90. The topological polar surface area (TPSA) is 57.8 Å². The van der Waals surface area contributed by atoms with Crippen LogP contribution in [-0.2, 0) is 11.2 Å². The van der Waals surface area contributed by atoms with Crippen molar-refractivity contribution in [3.8, 4) is 0 Å². The van der Waals surface area contributed by atoms with Crippen molar-refractivity contribution < 1.29 is 4.79 Å². The third kappa shape index (κ3) is 3.44. The molecule has 0 bridgehead atoms. The predicted molar refractivity (Wildman–Crippen MR) is 76.2 cm³/mol. The Labute approximate surface area is 113 Å². The second kappa shape index (κ2) is 5.69. The highest BCUT2D eigenvalue weighted by molar-refractivity contribution is 5.92. The summed E-state index contributed by atoms with van der Waals surface area (Å²) >= 11 is 0. The number of H-pyrrole nitrogens is 1. The van der Waals surface area contributed by atoms with Crippen LogP contribution in [0.1, 0.15) is 28.8 Å². The van der Waals surface area contributed by atoms with Crippen LogP contribution in [0.15, 0.2) is 24.7 Å². The number of aryl methyl sites for hydroxylation is 4. The molecule has 0 atom stereocenters. The van der Waals surface area contributed by atoms with Gasteiger partial charge in [0.25, 0.3) is 0 Å². The highest BCUT2D eigenvalue weighted by Crippen LogP contribution is 2.22. The molecule has 2 aromatic rings. The highest BCUT2D eigenvalue weighted by Gasteiger charge is 2.08. The van der Waals surface area contributed by atoms with Gasteiger partial charge in [-0.25, -0.2) is 4.98 Å². The number of nitrogens with one attached hydrogen (secondary N) is 2. The Balaban J connectivity index is 1.99. The smallest absolute Gasteiger partial charge is 0.224 e. The quantitative estimate of drug-likeness (QED) is 0.884. The van der Waals surface area contributed by atoms with E-state index in [1.54, 1.807) is 12.5 Å². The van der Waals surface area contributed by atoms with Gasteiger partial charge in [0.2, 0.25) is 5.91 Å². The second-order valence-corrected chi connectivity index (χ2v) is 4.90. The van der Waals surface area contributed by atoms with Crippen LogP contribution in [0.3, 0.4) is 0 Å². The van der Waals surface area contributed by atoms with Crippen molar-refractivity contribution in [2.24, 2.45) is 0 Å². The average Bonchev–Trinajstić information content (AvgIpc) is 2.84. The number of hydrogen-bond acceptors (Lipinski definition) is 2. The number of aromatic nitrogens is 2. The number of benzene rings is 1. The molecule has 0 saturated heterocycles.